The monoisotopic (exact) mass is 358 g/mol. The predicted molar refractivity (Wildman–Crippen MR) is 116 cm³/mol. The number of nitrogens with zero attached hydrogens (tertiary/aromatic N) is 2. The first-order valence-corrected chi connectivity index (χ1v) is 10.4. The van der Waals surface area contributed by atoms with Gasteiger partial charge in [0, 0.05) is 30.7 Å². The lowest BCUT2D eigenvalue weighted by Gasteiger charge is -2.25. The van der Waals surface area contributed by atoms with Gasteiger partial charge in [0.15, 0.2) is 0 Å². The molecule has 0 atom stereocenters. The van der Waals surface area contributed by atoms with Gasteiger partial charge in [-0.15, -0.1) is 0 Å². The first-order valence-electron chi connectivity index (χ1n) is 10.4. The molecule has 3 aromatic rings. The highest BCUT2D eigenvalue weighted by molar-refractivity contribution is 5.88. The van der Waals surface area contributed by atoms with Gasteiger partial charge in [-0.2, -0.15) is 0 Å². The minimum Gasteiger partial charge on any atom is -0.371 e. The van der Waals surface area contributed by atoms with E-state index in [1.165, 1.54) is 77.6 Å². The molecule has 1 aliphatic rings. The maximum Gasteiger partial charge on any atom is 0.0429 e. The Bertz CT molecular complexity index is 916. The van der Waals surface area contributed by atoms with Crippen molar-refractivity contribution in [1.82, 2.24) is 4.98 Å². The molecule has 0 amide bonds. The van der Waals surface area contributed by atoms with Crippen LogP contribution in [-0.4, -0.2) is 18.1 Å². The zero-order chi connectivity index (χ0) is 18.6. The summed E-state index contributed by atoms with van der Waals surface area (Å²) in [5.74, 6) is 0. The van der Waals surface area contributed by atoms with E-state index < -0.39 is 0 Å². The summed E-state index contributed by atoms with van der Waals surface area (Å²) in [6.07, 6.45) is 9.47. The van der Waals surface area contributed by atoms with Crippen LogP contribution in [0.15, 0.2) is 48.7 Å². The van der Waals surface area contributed by atoms with Crippen molar-refractivity contribution in [3.63, 3.8) is 0 Å². The summed E-state index contributed by atoms with van der Waals surface area (Å²) in [7, 11) is 0. The van der Waals surface area contributed by atoms with Crippen LogP contribution in [0.3, 0.4) is 0 Å². The van der Waals surface area contributed by atoms with Crippen LogP contribution >= 0.6 is 0 Å². The Morgan fingerprint density at radius 1 is 0.852 bits per heavy atom. The number of fused-ring (bicyclic) bond motifs is 1. The molecular formula is C25H30N2. The Hall–Kier alpha value is -2.35. The third-order valence-electron chi connectivity index (χ3n) is 5.93. The van der Waals surface area contributed by atoms with Gasteiger partial charge < -0.3 is 4.90 Å². The molecule has 0 bridgehead atoms. The summed E-state index contributed by atoms with van der Waals surface area (Å²) in [6.45, 7) is 6.79. The van der Waals surface area contributed by atoms with E-state index in [9.17, 15) is 0 Å². The molecule has 2 aromatic carbocycles. The molecule has 1 aliphatic heterocycles. The van der Waals surface area contributed by atoms with Gasteiger partial charge in [0.2, 0.25) is 0 Å². The van der Waals surface area contributed by atoms with Gasteiger partial charge >= 0.3 is 0 Å². The fraction of sp³-hybridized carbons (Fsp3) is 0.400. The number of benzene rings is 2. The normalized spacial score (nSPS) is 15.1. The lowest BCUT2D eigenvalue weighted by atomic mass is 9.96. The van der Waals surface area contributed by atoms with Crippen molar-refractivity contribution in [2.45, 2.75) is 52.4 Å². The molecule has 1 saturated heterocycles. The maximum absolute atomic E-state index is 4.75. The lowest BCUT2D eigenvalue weighted by Crippen LogP contribution is -2.25. The van der Waals surface area contributed by atoms with Crippen LogP contribution < -0.4 is 4.90 Å². The van der Waals surface area contributed by atoms with Crippen LogP contribution in [-0.2, 0) is 12.8 Å². The Labute approximate surface area is 163 Å². The van der Waals surface area contributed by atoms with E-state index in [4.69, 9.17) is 4.98 Å². The fourth-order valence-corrected chi connectivity index (χ4v) is 4.43. The molecule has 0 N–H and O–H groups in total. The van der Waals surface area contributed by atoms with Gasteiger partial charge in [0.1, 0.15) is 0 Å². The van der Waals surface area contributed by atoms with Gasteiger partial charge in [-0.1, -0.05) is 49.2 Å². The molecule has 0 saturated carbocycles. The molecule has 0 spiro atoms. The Kier molecular flexibility index (Phi) is 5.42. The van der Waals surface area contributed by atoms with Crippen LogP contribution in [0.4, 0.5) is 5.69 Å². The maximum atomic E-state index is 4.75. The Balaban J connectivity index is 1.56. The number of rotatable bonds is 4. The van der Waals surface area contributed by atoms with Gasteiger partial charge in [-0.05, 0) is 73.1 Å². The fourth-order valence-electron chi connectivity index (χ4n) is 4.43. The third kappa shape index (κ3) is 4.00. The van der Waals surface area contributed by atoms with Gasteiger partial charge in [0.05, 0.1) is 0 Å². The minimum atomic E-state index is 0.995. The summed E-state index contributed by atoms with van der Waals surface area (Å²) in [5.41, 5.74) is 6.72. The number of aryl methyl sites for hydroxylation is 4. The number of anilines is 1. The molecule has 0 aliphatic carbocycles. The summed E-state index contributed by atoms with van der Waals surface area (Å²) in [5, 5.41) is 2.76. The number of aromatic nitrogens is 1. The number of pyridine rings is 1. The zero-order valence-corrected chi connectivity index (χ0v) is 16.7. The number of hydrogen-bond donors (Lipinski definition) is 0. The summed E-state index contributed by atoms with van der Waals surface area (Å²) >= 11 is 0. The van der Waals surface area contributed by atoms with E-state index in [0.29, 0.717) is 0 Å². The van der Waals surface area contributed by atoms with E-state index in [0.717, 1.165) is 12.8 Å². The first kappa shape index (κ1) is 18.0. The quantitative estimate of drug-likeness (QED) is 0.567. The smallest absolute Gasteiger partial charge is 0.0429 e. The van der Waals surface area contributed by atoms with Crippen molar-refractivity contribution < 1.29 is 0 Å². The highest BCUT2D eigenvalue weighted by atomic mass is 15.1. The Morgan fingerprint density at radius 3 is 2.37 bits per heavy atom. The number of hydrogen-bond acceptors (Lipinski definition) is 2. The highest BCUT2D eigenvalue weighted by Gasteiger charge is 2.13. The Morgan fingerprint density at radius 2 is 1.59 bits per heavy atom. The molecule has 1 aromatic heterocycles. The minimum absolute atomic E-state index is 0.995. The van der Waals surface area contributed by atoms with Crippen LogP contribution in [0.2, 0.25) is 0 Å². The average Bonchev–Trinajstić information content (AvgIpc) is 2.97. The summed E-state index contributed by atoms with van der Waals surface area (Å²) in [6, 6.07) is 15.6. The first-order chi connectivity index (χ1) is 13.2. The second-order valence-electron chi connectivity index (χ2n) is 7.95. The lowest BCUT2D eigenvalue weighted by molar-refractivity contribution is 0.726. The summed E-state index contributed by atoms with van der Waals surface area (Å²) in [4.78, 5) is 7.33. The molecule has 0 unspecified atom stereocenters. The molecule has 2 heteroatoms. The standard InChI is InChI=1S/C25H30N2/c1-19-9-7-10-21-11-8-12-22(25(19)21)13-14-23-17-24(20(2)18-26-23)27-15-5-3-4-6-16-27/h7-12,17-18H,3-6,13-16H2,1-2H3. The molecule has 2 nitrogen and oxygen atoms in total. The molecule has 4 rings (SSSR count). The van der Waals surface area contributed by atoms with E-state index in [1.807, 2.05) is 0 Å². The van der Waals surface area contributed by atoms with Gasteiger partial charge in [0.25, 0.3) is 0 Å². The van der Waals surface area contributed by atoms with Crippen molar-refractivity contribution in [2.75, 3.05) is 18.0 Å². The zero-order valence-electron chi connectivity index (χ0n) is 16.7. The van der Waals surface area contributed by atoms with Crippen molar-refractivity contribution in [2.24, 2.45) is 0 Å². The SMILES string of the molecule is Cc1cnc(CCc2cccc3cccc(C)c23)cc1N1CCCCCC1. The second kappa shape index (κ2) is 8.12. The van der Waals surface area contributed by atoms with E-state index in [-0.39, 0.29) is 0 Å². The van der Waals surface area contributed by atoms with Gasteiger partial charge in [-0.25, -0.2) is 0 Å². The van der Waals surface area contributed by atoms with Crippen molar-refractivity contribution in [3.05, 3.63) is 71.0 Å². The topological polar surface area (TPSA) is 16.1 Å². The largest absolute Gasteiger partial charge is 0.371 e. The van der Waals surface area contributed by atoms with Crippen LogP contribution in [0.5, 0.6) is 0 Å². The van der Waals surface area contributed by atoms with Crippen molar-refractivity contribution in [3.8, 4) is 0 Å². The van der Waals surface area contributed by atoms with Crippen molar-refractivity contribution >= 4 is 16.5 Å². The van der Waals surface area contributed by atoms with E-state index in [1.54, 1.807) is 0 Å². The van der Waals surface area contributed by atoms with Crippen LogP contribution in [0.1, 0.15) is 48.1 Å². The molecule has 27 heavy (non-hydrogen) atoms. The van der Waals surface area contributed by atoms with E-state index >= 15 is 0 Å². The third-order valence-corrected chi connectivity index (χ3v) is 5.93. The second-order valence-corrected chi connectivity index (χ2v) is 7.95. The molecular weight excluding hydrogens is 328 g/mol. The molecule has 0 radical (unpaired) electrons. The molecule has 140 valence electrons. The van der Waals surface area contributed by atoms with Crippen molar-refractivity contribution in [1.29, 1.82) is 0 Å². The van der Waals surface area contributed by atoms with E-state index in [2.05, 4.69) is 67.4 Å². The molecule has 2 heterocycles. The average molecular weight is 359 g/mol. The predicted octanol–water partition coefficient (Wildman–Crippen LogP) is 6.02. The van der Waals surface area contributed by atoms with Gasteiger partial charge in [-0.3, -0.25) is 4.98 Å². The van der Waals surface area contributed by atoms with Crippen LogP contribution in [0.25, 0.3) is 10.8 Å². The van der Waals surface area contributed by atoms with Crippen LogP contribution in [0, 0.1) is 13.8 Å². The highest BCUT2D eigenvalue weighted by Crippen LogP contribution is 2.26. The summed E-state index contributed by atoms with van der Waals surface area (Å²) < 4.78 is 0. The molecule has 1 fully saturated rings.